The number of imidazole rings is 1. The first-order valence-electron chi connectivity index (χ1n) is 9.58. The number of urea groups is 1. The van der Waals surface area contributed by atoms with Gasteiger partial charge in [-0.1, -0.05) is 19.1 Å². The molecule has 0 saturated heterocycles. The summed E-state index contributed by atoms with van der Waals surface area (Å²) in [6.45, 7) is 2.44. The first kappa shape index (κ1) is 20.4. The molecule has 3 amide bonds. The zero-order valence-electron chi connectivity index (χ0n) is 17.6. The van der Waals surface area contributed by atoms with Gasteiger partial charge in [0.2, 0.25) is 0 Å². The highest BCUT2D eigenvalue weighted by molar-refractivity contribution is 5.97. The molecule has 1 aromatic heterocycles. The number of carbonyl (C=O) groups is 2. The van der Waals surface area contributed by atoms with Gasteiger partial charge in [0.25, 0.3) is 5.91 Å². The van der Waals surface area contributed by atoms with Crippen LogP contribution in [0.1, 0.15) is 28.7 Å². The molecule has 3 aromatic rings. The average molecular weight is 393 g/mol. The fourth-order valence-electron chi connectivity index (χ4n) is 3.11. The number of nitrogens with zero attached hydrogens (tertiary/aromatic N) is 4. The van der Waals surface area contributed by atoms with Crippen LogP contribution in [0.5, 0.6) is 0 Å². The van der Waals surface area contributed by atoms with Gasteiger partial charge in [-0.25, -0.2) is 9.78 Å². The zero-order valence-corrected chi connectivity index (χ0v) is 17.6. The molecule has 7 heteroatoms. The Labute approximate surface area is 170 Å². The quantitative estimate of drug-likeness (QED) is 0.721. The molecule has 0 radical (unpaired) electrons. The second kappa shape index (κ2) is 8.34. The van der Waals surface area contributed by atoms with Gasteiger partial charge in [-0.3, -0.25) is 4.79 Å². The fraction of sp³-hybridized carbons (Fsp3) is 0.318. The molecule has 0 unspecified atom stereocenters. The van der Waals surface area contributed by atoms with Crippen molar-refractivity contribution in [2.45, 2.75) is 19.9 Å². The van der Waals surface area contributed by atoms with Crippen LogP contribution in [0, 0.1) is 0 Å². The van der Waals surface area contributed by atoms with Gasteiger partial charge in [-0.05, 0) is 42.3 Å². The highest BCUT2D eigenvalue weighted by Gasteiger charge is 2.16. The van der Waals surface area contributed by atoms with Crippen LogP contribution in [0.2, 0.25) is 0 Å². The molecular formula is C22H27N5O2. The maximum Gasteiger partial charge on any atom is 0.321 e. The molecule has 1 heterocycles. The highest BCUT2D eigenvalue weighted by atomic mass is 16.2. The van der Waals surface area contributed by atoms with E-state index in [-0.39, 0.29) is 11.9 Å². The predicted molar refractivity (Wildman–Crippen MR) is 115 cm³/mol. The van der Waals surface area contributed by atoms with Crippen molar-refractivity contribution < 1.29 is 9.59 Å². The number of hydrogen-bond donors (Lipinski definition) is 1. The normalized spacial score (nSPS) is 10.8. The van der Waals surface area contributed by atoms with Crippen molar-refractivity contribution >= 4 is 28.7 Å². The number of benzene rings is 2. The van der Waals surface area contributed by atoms with E-state index >= 15 is 0 Å². The van der Waals surface area contributed by atoms with Gasteiger partial charge in [0.05, 0.1) is 17.6 Å². The summed E-state index contributed by atoms with van der Waals surface area (Å²) < 4.78 is 1.94. The topological polar surface area (TPSA) is 70.5 Å². The minimum atomic E-state index is -0.204. The minimum absolute atomic E-state index is 0.0651. The summed E-state index contributed by atoms with van der Waals surface area (Å²) in [5.41, 5.74) is 4.23. The van der Waals surface area contributed by atoms with Gasteiger partial charge >= 0.3 is 6.03 Å². The molecule has 0 bridgehead atoms. The zero-order chi connectivity index (χ0) is 21.1. The van der Waals surface area contributed by atoms with Crippen LogP contribution in [0.15, 0.2) is 42.5 Å². The first-order chi connectivity index (χ1) is 13.8. The van der Waals surface area contributed by atoms with Crippen molar-refractivity contribution in [2.24, 2.45) is 7.05 Å². The molecular weight excluding hydrogens is 366 g/mol. The summed E-state index contributed by atoms with van der Waals surface area (Å²) in [6.07, 6.45) is 0.961. The largest absolute Gasteiger partial charge is 0.345 e. The second-order valence-electron chi connectivity index (χ2n) is 7.33. The smallest absolute Gasteiger partial charge is 0.321 e. The lowest BCUT2D eigenvalue weighted by molar-refractivity contribution is 0.0827. The number of amides is 3. The lowest BCUT2D eigenvalue weighted by atomic mass is 10.1. The Morgan fingerprint density at radius 1 is 1.07 bits per heavy atom. The number of nitrogens with one attached hydrogen (secondary N) is 1. The summed E-state index contributed by atoms with van der Waals surface area (Å²) in [5.74, 6) is 0.679. The minimum Gasteiger partial charge on any atom is -0.345 e. The van der Waals surface area contributed by atoms with Crippen molar-refractivity contribution in [3.05, 3.63) is 59.4 Å². The third-order valence-electron chi connectivity index (χ3n) is 4.97. The maximum atomic E-state index is 12.5. The standard InChI is InChI=1S/C22H27N5O2/c1-6-15-7-10-17(11-8-15)23-22(29)26(4)14-20-24-18-13-16(21(28)25(2)3)9-12-19(18)27(20)5/h7-13H,6,14H2,1-5H3,(H,23,29). The average Bonchev–Trinajstić information content (AvgIpc) is 3.02. The van der Waals surface area contributed by atoms with Crippen LogP contribution in [0.25, 0.3) is 11.0 Å². The van der Waals surface area contributed by atoms with Gasteiger partial charge in [0, 0.05) is 39.4 Å². The van der Waals surface area contributed by atoms with Crippen LogP contribution in [-0.2, 0) is 20.0 Å². The van der Waals surface area contributed by atoms with Crippen molar-refractivity contribution in [1.82, 2.24) is 19.4 Å². The third-order valence-corrected chi connectivity index (χ3v) is 4.97. The number of hydrogen-bond acceptors (Lipinski definition) is 3. The summed E-state index contributed by atoms with van der Waals surface area (Å²) in [4.78, 5) is 32.5. The lowest BCUT2D eigenvalue weighted by Crippen LogP contribution is -2.31. The predicted octanol–water partition coefficient (Wildman–Crippen LogP) is 3.50. The summed E-state index contributed by atoms with van der Waals surface area (Å²) >= 11 is 0. The molecule has 0 saturated carbocycles. The molecule has 0 fully saturated rings. The van der Waals surface area contributed by atoms with E-state index in [4.69, 9.17) is 0 Å². The van der Waals surface area contributed by atoms with Crippen LogP contribution < -0.4 is 5.32 Å². The van der Waals surface area contributed by atoms with Crippen molar-refractivity contribution in [3.8, 4) is 0 Å². The van der Waals surface area contributed by atoms with Gasteiger partial charge in [0.1, 0.15) is 5.82 Å². The summed E-state index contributed by atoms with van der Waals surface area (Å²) in [5, 5.41) is 2.90. The van der Waals surface area contributed by atoms with Gasteiger partial charge in [0.15, 0.2) is 0 Å². The van der Waals surface area contributed by atoms with Crippen LogP contribution >= 0.6 is 0 Å². The molecule has 3 rings (SSSR count). The van der Waals surface area contributed by atoms with E-state index in [1.54, 1.807) is 38.2 Å². The SMILES string of the molecule is CCc1ccc(NC(=O)N(C)Cc2nc3cc(C(=O)N(C)C)ccc3n2C)cc1. The van der Waals surface area contributed by atoms with Crippen molar-refractivity contribution in [3.63, 3.8) is 0 Å². The molecule has 29 heavy (non-hydrogen) atoms. The Balaban J connectivity index is 1.74. The lowest BCUT2D eigenvalue weighted by Gasteiger charge is -2.18. The molecule has 0 atom stereocenters. The molecule has 0 aliphatic carbocycles. The van der Waals surface area contributed by atoms with E-state index in [1.807, 2.05) is 41.9 Å². The Kier molecular flexibility index (Phi) is 5.87. The van der Waals surface area contributed by atoms with Crippen LogP contribution in [0.4, 0.5) is 10.5 Å². The van der Waals surface area contributed by atoms with Crippen molar-refractivity contribution in [2.75, 3.05) is 26.5 Å². The molecule has 0 aliphatic rings. The maximum absolute atomic E-state index is 12.5. The van der Waals surface area contributed by atoms with E-state index in [9.17, 15) is 9.59 Å². The molecule has 0 spiro atoms. The molecule has 0 aliphatic heterocycles. The van der Waals surface area contributed by atoms with E-state index in [2.05, 4.69) is 17.2 Å². The summed E-state index contributed by atoms with van der Waals surface area (Å²) in [6, 6.07) is 13.1. The number of anilines is 1. The Morgan fingerprint density at radius 2 is 1.76 bits per heavy atom. The second-order valence-corrected chi connectivity index (χ2v) is 7.33. The number of carbonyl (C=O) groups excluding carboxylic acids is 2. The van der Waals surface area contributed by atoms with E-state index < -0.39 is 0 Å². The van der Waals surface area contributed by atoms with Gasteiger partial charge in [-0.2, -0.15) is 0 Å². The molecule has 7 nitrogen and oxygen atoms in total. The van der Waals surface area contributed by atoms with E-state index in [0.717, 1.165) is 29.0 Å². The van der Waals surface area contributed by atoms with Gasteiger partial charge < -0.3 is 19.7 Å². The number of fused-ring (bicyclic) bond motifs is 1. The Hall–Kier alpha value is -3.35. The van der Waals surface area contributed by atoms with Crippen LogP contribution in [-0.4, -0.2) is 52.4 Å². The molecule has 2 aromatic carbocycles. The highest BCUT2D eigenvalue weighted by Crippen LogP contribution is 2.19. The van der Waals surface area contributed by atoms with E-state index in [0.29, 0.717) is 12.1 Å². The van der Waals surface area contributed by atoms with Crippen molar-refractivity contribution in [1.29, 1.82) is 0 Å². The number of rotatable bonds is 5. The summed E-state index contributed by atoms with van der Waals surface area (Å²) in [7, 11) is 7.09. The monoisotopic (exact) mass is 393 g/mol. The van der Waals surface area contributed by atoms with Crippen LogP contribution in [0.3, 0.4) is 0 Å². The fourth-order valence-corrected chi connectivity index (χ4v) is 3.11. The third kappa shape index (κ3) is 4.39. The van der Waals surface area contributed by atoms with E-state index in [1.165, 1.54) is 10.5 Å². The number of aryl methyl sites for hydroxylation is 2. The number of aromatic nitrogens is 2. The molecule has 1 N–H and O–H groups in total. The van der Waals surface area contributed by atoms with Gasteiger partial charge in [-0.15, -0.1) is 0 Å². The Morgan fingerprint density at radius 3 is 2.38 bits per heavy atom. The Bertz CT molecular complexity index is 1040. The first-order valence-corrected chi connectivity index (χ1v) is 9.58. The molecule has 152 valence electrons.